The minimum atomic E-state index is 0.908. The van der Waals surface area contributed by atoms with Gasteiger partial charge in [0, 0.05) is 11.6 Å². The number of rotatable bonds is 1. The Kier molecular flexibility index (Phi) is 2.58. The molecule has 6 rings (SSSR count). The summed E-state index contributed by atoms with van der Waals surface area (Å²) in [5.41, 5.74) is 5.43. The van der Waals surface area contributed by atoms with E-state index in [1.54, 1.807) is 6.20 Å². The Morgan fingerprint density at radius 1 is 0.731 bits per heavy atom. The van der Waals surface area contributed by atoms with Crippen LogP contribution in [0.25, 0.3) is 44.3 Å². The van der Waals surface area contributed by atoms with E-state index in [0.29, 0.717) is 0 Å². The molecule has 0 amide bonds. The number of para-hydroxylation sites is 2. The van der Waals surface area contributed by atoms with Gasteiger partial charge < -0.3 is 0 Å². The van der Waals surface area contributed by atoms with Crippen LogP contribution in [-0.4, -0.2) is 18.9 Å². The minimum Gasteiger partial charge on any atom is -0.277 e. The molecule has 0 N–H and O–H groups in total. The summed E-state index contributed by atoms with van der Waals surface area (Å²) in [5.74, 6) is 0.908. The largest absolute Gasteiger partial charge is 0.277 e. The molecule has 3 heterocycles. The van der Waals surface area contributed by atoms with Crippen molar-refractivity contribution in [1.82, 2.24) is 18.9 Å². The number of benzene rings is 3. The fourth-order valence-corrected chi connectivity index (χ4v) is 3.89. The molecule has 3 aromatic heterocycles. The quantitative estimate of drug-likeness (QED) is 0.425. The summed E-state index contributed by atoms with van der Waals surface area (Å²) in [7, 11) is 0. The zero-order valence-corrected chi connectivity index (χ0v) is 13.9. The number of pyridine rings is 1. The van der Waals surface area contributed by atoms with Crippen LogP contribution in [0, 0.1) is 0 Å². The highest BCUT2D eigenvalue weighted by atomic mass is 15.2. The smallest absolute Gasteiger partial charge is 0.220 e. The maximum absolute atomic E-state index is 4.93. The molecule has 3 aromatic carbocycles. The Morgan fingerprint density at radius 2 is 1.62 bits per heavy atom. The van der Waals surface area contributed by atoms with Crippen LogP contribution in [0.4, 0.5) is 0 Å². The summed E-state index contributed by atoms with van der Waals surface area (Å²) in [6.07, 6.45) is 3.68. The molecule has 122 valence electrons. The summed E-state index contributed by atoms with van der Waals surface area (Å²) in [4.78, 5) is 9.25. The molecule has 0 aliphatic rings. The lowest BCUT2D eigenvalue weighted by atomic mass is 10.1. The van der Waals surface area contributed by atoms with Crippen molar-refractivity contribution in [3.8, 4) is 5.69 Å². The van der Waals surface area contributed by atoms with Crippen molar-refractivity contribution in [2.45, 2.75) is 0 Å². The number of nitrogens with zero attached hydrogens (tertiary/aromatic N) is 4. The molecule has 4 heteroatoms. The van der Waals surface area contributed by atoms with Gasteiger partial charge in [0.15, 0.2) is 0 Å². The molecule has 0 saturated carbocycles. The fraction of sp³-hybridized carbons (Fsp3) is 0. The van der Waals surface area contributed by atoms with Gasteiger partial charge in [-0.15, -0.1) is 0 Å². The van der Waals surface area contributed by atoms with Gasteiger partial charge in [0.2, 0.25) is 5.78 Å². The van der Waals surface area contributed by atoms with E-state index in [1.807, 2.05) is 18.3 Å². The lowest BCUT2D eigenvalue weighted by Crippen LogP contribution is -1.95. The van der Waals surface area contributed by atoms with Crippen LogP contribution in [-0.2, 0) is 0 Å². The third kappa shape index (κ3) is 1.68. The highest BCUT2D eigenvalue weighted by molar-refractivity contribution is 6.08. The van der Waals surface area contributed by atoms with E-state index in [9.17, 15) is 0 Å². The lowest BCUT2D eigenvalue weighted by Gasteiger charge is -2.05. The van der Waals surface area contributed by atoms with Gasteiger partial charge >= 0.3 is 0 Å². The molecular formula is C22H14N4. The van der Waals surface area contributed by atoms with Crippen LogP contribution < -0.4 is 0 Å². The van der Waals surface area contributed by atoms with Gasteiger partial charge in [0.05, 0.1) is 34.0 Å². The Morgan fingerprint density at radius 3 is 2.54 bits per heavy atom. The van der Waals surface area contributed by atoms with Crippen molar-refractivity contribution in [3.05, 3.63) is 85.2 Å². The standard InChI is InChI=1S/C22H14N4/c1-2-8-17-15(6-1)11-12-20-21(17)26-19-10-4-3-9-18(19)24-22(26)25(20)16-7-5-13-23-14-16/h1-14H. The van der Waals surface area contributed by atoms with E-state index in [1.165, 1.54) is 16.3 Å². The molecule has 0 unspecified atom stereocenters. The molecule has 6 aromatic rings. The summed E-state index contributed by atoms with van der Waals surface area (Å²) in [5, 5.41) is 2.45. The minimum absolute atomic E-state index is 0.908. The lowest BCUT2D eigenvalue weighted by molar-refractivity contribution is 1.09. The molecule has 0 fully saturated rings. The van der Waals surface area contributed by atoms with E-state index >= 15 is 0 Å². The highest BCUT2D eigenvalue weighted by Gasteiger charge is 2.18. The van der Waals surface area contributed by atoms with Crippen LogP contribution in [0.2, 0.25) is 0 Å². The van der Waals surface area contributed by atoms with Gasteiger partial charge in [0.25, 0.3) is 0 Å². The maximum atomic E-state index is 4.93. The normalized spacial score (nSPS) is 11.8. The Hall–Kier alpha value is -3.66. The van der Waals surface area contributed by atoms with Gasteiger partial charge in [-0.25, -0.2) is 4.98 Å². The van der Waals surface area contributed by atoms with Gasteiger partial charge in [-0.2, -0.15) is 0 Å². The second-order valence-electron chi connectivity index (χ2n) is 6.44. The molecule has 0 spiro atoms. The first-order valence-corrected chi connectivity index (χ1v) is 8.61. The topological polar surface area (TPSA) is 35.1 Å². The fourth-order valence-electron chi connectivity index (χ4n) is 3.89. The summed E-state index contributed by atoms with van der Waals surface area (Å²) >= 11 is 0. The summed E-state index contributed by atoms with van der Waals surface area (Å²) in [6, 6.07) is 25.2. The average molecular weight is 334 g/mol. The van der Waals surface area contributed by atoms with Crippen LogP contribution in [0.1, 0.15) is 0 Å². The van der Waals surface area contributed by atoms with E-state index in [4.69, 9.17) is 4.98 Å². The monoisotopic (exact) mass is 334 g/mol. The van der Waals surface area contributed by atoms with E-state index in [-0.39, 0.29) is 0 Å². The predicted molar refractivity (Wildman–Crippen MR) is 105 cm³/mol. The van der Waals surface area contributed by atoms with Crippen LogP contribution in [0.3, 0.4) is 0 Å². The molecular weight excluding hydrogens is 320 g/mol. The van der Waals surface area contributed by atoms with Crippen molar-refractivity contribution < 1.29 is 0 Å². The molecule has 0 atom stereocenters. The predicted octanol–water partition coefficient (Wildman–Crippen LogP) is 4.98. The Labute approximate surface area is 149 Å². The Bertz CT molecular complexity index is 1420. The first kappa shape index (κ1) is 13.6. The van der Waals surface area contributed by atoms with Crippen molar-refractivity contribution in [2.75, 3.05) is 0 Å². The highest BCUT2D eigenvalue weighted by Crippen LogP contribution is 2.33. The summed E-state index contributed by atoms with van der Waals surface area (Å²) < 4.78 is 4.45. The third-order valence-electron chi connectivity index (χ3n) is 4.99. The van der Waals surface area contributed by atoms with Gasteiger partial charge in [-0.1, -0.05) is 42.5 Å². The van der Waals surface area contributed by atoms with Gasteiger partial charge in [0.1, 0.15) is 0 Å². The summed E-state index contributed by atoms with van der Waals surface area (Å²) in [6.45, 7) is 0. The number of fused-ring (bicyclic) bond motifs is 7. The zero-order valence-electron chi connectivity index (χ0n) is 13.9. The third-order valence-corrected chi connectivity index (χ3v) is 4.99. The van der Waals surface area contributed by atoms with Crippen LogP contribution in [0.5, 0.6) is 0 Å². The van der Waals surface area contributed by atoms with E-state index in [0.717, 1.165) is 28.0 Å². The molecule has 0 radical (unpaired) electrons. The molecule has 4 nitrogen and oxygen atoms in total. The molecule has 0 bridgehead atoms. The Balaban J connectivity index is 1.95. The second-order valence-corrected chi connectivity index (χ2v) is 6.44. The number of aromatic nitrogens is 4. The van der Waals surface area contributed by atoms with E-state index in [2.05, 4.69) is 74.6 Å². The number of hydrogen-bond donors (Lipinski definition) is 0. The zero-order chi connectivity index (χ0) is 17.1. The number of hydrogen-bond acceptors (Lipinski definition) is 2. The SMILES string of the molecule is c1cncc(-n2c3ccc4ccccc4c3n3c4ccccc4nc23)c1. The van der Waals surface area contributed by atoms with E-state index < -0.39 is 0 Å². The van der Waals surface area contributed by atoms with Crippen molar-refractivity contribution in [1.29, 1.82) is 0 Å². The van der Waals surface area contributed by atoms with Gasteiger partial charge in [-0.3, -0.25) is 14.0 Å². The van der Waals surface area contributed by atoms with Crippen molar-refractivity contribution in [2.24, 2.45) is 0 Å². The average Bonchev–Trinajstić information content (AvgIpc) is 3.22. The molecule has 0 saturated heterocycles. The van der Waals surface area contributed by atoms with Crippen LogP contribution >= 0.6 is 0 Å². The molecule has 26 heavy (non-hydrogen) atoms. The van der Waals surface area contributed by atoms with Gasteiger partial charge in [-0.05, 0) is 35.7 Å². The van der Waals surface area contributed by atoms with Crippen LogP contribution in [0.15, 0.2) is 85.2 Å². The second kappa shape index (κ2) is 4.92. The maximum Gasteiger partial charge on any atom is 0.220 e. The van der Waals surface area contributed by atoms with Crippen molar-refractivity contribution >= 4 is 38.6 Å². The van der Waals surface area contributed by atoms with Crippen molar-refractivity contribution in [3.63, 3.8) is 0 Å². The molecule has 0 aliphatic carbocycles. The first-order valence-electron chi connectivity index (χ1n) is 8.61. The first-order chi connectivity index (χ1) is 12.9. The molecule has 0 aliphatic heterocycles. The number of imidazole rings is 2.